The fourth-order valence-electron chi connectivity index (χ4n) is 1.49. The Kier molecular flexibility index (Phi) is 2.21. The molecule has 1 fully saturated rings. The summed E-state index contributed by atoms with van der Waals surface area (Å²) in [5.74, 6) is 0. The largest absolute Gasteiger partial charge is 0.534 e. The first-order valence-corrected chi connectivity index (χ1v) is 5.09. The van der Waals surface area contributed by atoms with E-state index in [9.17, 15) is 0 Å². The summed E-state index contributed by atoms with van der Waals surface area (Å²) in [4.78, 5) is 4.03. The van der Waals surface area contributed by atoms with E-state index in [0.717, 1.165) is 5.69 Å². The topological polar surface area (TPSA) is 44.5 Å². The summed E-state index contributed by atoms with van der Waals surface area (Å²) >= 11 is 0. The van der Waals surface area contributed by atoms with Gasteiger partial charge >= 0.3 is 7.12 Å². The molecular weight excluding hydrogens is 193 g/mol. The molecule has 0 unspecified atom stereocenters. The standard InChI is InChI=1S/C10H16BNO3/c1-7-8(13-6-12-7)11-14-9(2,3)10(4,5)15-11/h6H,1-5H3. The number of aryl methyl sites for hydroxylation is 1. The predicted octanol–water partition coefficient (Wildman–Crippen LogP) is 1.28. The first-order valence-electron chi connectivity index (χ1n) is 5.09. The van der Waals surface area contributed by atoms with Crippen LogP contribution >= 0.6 is 0 Å². The summed E-state index contributed by atoms with van der Waals surface area (Å²) < 4.78 is 16.9. The van der Waals surface area contributed by atoms with Crippen molar-refractivity contribution >= 4 is 12.8 Å². The first kappa shape index (κ1) is 10.7. The lowest BCUT2D eigenvalue weighted by atomic mass is 9.85. The molecule has 0 aliphatic carbocycles. The molecule has 2 heterocycles. The maximum atomic E-state index is 5.83. The Morgan fingerprint density at radius 1 is 1.13 bits per heavy atom. The van der Waals surface area contributed by atoms with Crippen LogP contribution < -0.4 is 5.66 Å². The van der Waals surface area contributed by atoms with E-state index in [-0.39, 0.29) is 11.2 Å². The third-order valence-corrected chi connectivity index (χ3v) is 3.25. The fraction of sp³-hybridized carbons (Fsp3) is 0.700. The van der Waals surface area contributed by atoms with Gasteiger partial charge in [-0.2, -0.15) is 0 Å². The zero-order chi connectivity index (χ0) is 11.3. The molecule has 1 saturated heterocycles. The van der Waals surface area contributed by atoms with Gasteiger partial charge in [-0.1, -0.05) is 0 Å². The van der Waals surface area contributed by atoms with E-state index in [4.69, 9.17) is 13.7 Å². The van der Waals surface area contributed by atoms with Gasteiger partial charge in [0.05, 0.1) is 16.9 Å². The maximum absolute atomic E-state index is 5.83. The second kappa shape index (κ2) is 3.09. The highest BCUT2D eigenvalue weighted by molar-refractivity contribution is 6.61. The molecule has 82 valence electrons. The van der Waals surface area contributed by atoms with E-state index in [2.05, 4.69) is 4.98 Å². The van der Waals surface area contributed by atoms with Crippen molar-refractivity contribution < 1.29 is 13.7 Å². The van der Waals surface area contributed by atoms with Crippen molar-refractivity contribution in [1.29, 1.82) is 0 Å². The summed E-state index contributed by atoms with van der Waals surface area (Å²) in [6.45, 7) is 9.93. The lowest BCUT2D eigenvalue weighted by molar-refractivity contribution is 0.00578. The Balaban J connectivity index is 2.27. The Morgan fingerprint density at radius 3 is 2.07 bits per heavy atom. The minimum absolute atomic E-state index is 0.336. The molecule has 1 aliphatic rings. The van der Waals surface area contributed by atoms with Gasteiger partial charge in [-0.25, -0.2) is 4.98 Å². The van der Waals surface area contributed by atoms with Crippen LogP contribution in [0.4, 0.5) is 0 Å². The van der Waals surface area contributed by atoms with Gasteiger partial charge in [0.1, 0.15) is 0 Å². The lowest BCUT2D eigenvalue weighted by Crippen LogP contribution is -2.41. The second-order valence-electron chi connectivity index (χ2n) is 4.89. The molecule has 0 radical (unpaired) electrons. The Bertz CT molecular complexity index is 356. The minimum Gasteiger partial charge on any atom is -0.452 e. The van der Waals surface area contributed by atoms with Crippen LogP contribution in [0.5, 0.6) is 0 Å². The number of aromatic nitrogens is 1. The first-order chi connectivity index (χ1) is 6.83. The Hall–Kier alpha value is -0.805. The quantitative estimate of drug-likeness (QED) is 0.653. The molecule has 1 aromatic heterocycles. The molecule has 1 aliphatic heterocycles. The predicted molar refractivity (Wildman–Crippen MR) is 57.0 cm³/mol. The van der Waals surface area contributed by atoms with Gasteiger partial charge in [0.15, 0.2) is 12.1 Å². The summed E-state index contributed by atoms with van der Waals surface area (Å²) in [7, 11) is -0.447. The summed E-state index contributed by atoms with van der Waals surface area (Å²) in [6.07, 6.45) is 1.41. The van der Waals surface area contributed by atoms with Crippen molar-refractivity contribution in [3.05, 3.63) is 12.1 Å². The fourth-order valence-corrected chi connectivity index (χ4v) is 1.49. The van der Waals surface area contributed by atoms with Gasteiger partial charge in [0, 0.05) is 0 Å². The molecule has 0 N–H and O–H groups in total. The van der Waals surface area contributed by atoms with Crippen LogP contribution in [0.15, 0.2) is 10.8 Å². The van der Waals surface area contributed by atoms with Crippen molar-refractivity contribution in [2.24, 2.45) is 0 Å². The number of nitrogens with zero attached hydrogens (tertiary/aromatic N) is 1. The van der Waals surface area contributed by atoms with Crippen LogP contribution in [0.1, 0.15) is 33.4 Å². The van der Waals surface area contributed by atoms with Crippen LogP contribution in [-0.4, -0.2) is 23.3 Å². The van der Waals surface area contributed by atoms with Gasteiger partial charge < -0.3 is 13.7 Å². The van der Waals surface area contributed by atoms with Crippen molar-refractivity contribution in [3.8, 4) is 0 Å². The molecule has 15 heavy (non-hydrogen) atoms. The molecule has 5 heteroatoms. The van der Waals surface area contributed by atoms with E-state index < -0.39 is 7.12 Å². The van der Waals surface area contributed by atoms with Gasteiger partial charge in [0.2, 0.25) is 0 Å². The van der Waals surface area contributed by atoms with Crippen LogP contribution in [0.2, 0.25) is 0 Å². The third kappa shape index (κ3) is 1.60. The van der Waals surface area contributed by atoms with E-state index >= 15 is 0 Å². The maximum Gasteiger partial charge on any atom is 0.534 e. The number of hydrogen-bond donors (Lipinski definition) is 0. The SMILES string of the molecule is Cc1ncoc1B1OC(C)(C)C(C)(C)O1. The number of hydrogen-bond acceptors (Lipinski definition) is 4. The highest BCUT2D eigenvalue weighted by Crippen LogP contribution is 2.36. The highest BCUT2D eigenvalue weighted by atomic mass is 16.7. The average molecular weight is 209 g/mol. The van der Waals surface area contributed by atoms with Crippen LogP contribution in [-0.2, 0) is 9.31 Å². The van der Waals surface area contributed by atoms with Crippen molar-refractivity contribution in [2.45, 2.75) is 45.8 Å². The molecule has 2 rings (SSSR count). The summed E-state index contributed by atoms with van der Waals surface area (Å²) in [6, 6.07) is 0. The molecule has 0 saturated carbocycles. The van der Waals surface area contributed by atoms with E-state index in [1.54, 1.807) is 0 Å². The number of oxazole rings is 1. The van der Waals surface area contributed by atoms with E-state index in [1.165, 1.54) is 6.39 Å². The molecule has 0 amide bonds. The smallest absolute Gasteiger partial charge is 0.452 e. The minimum atomic E-state index is -0.447. The van der Waals surface area contributed by atoms with Crippen molar-refractivity contribution in [1.82, 2.24) is 4.98 Å². The van der Waals surface area contributed by atoms with E-state index in [1.807, 2.05) is 34.6 Å². The molecule has 1 aromatic rings. The Labute approximate surface area is 90.1 Å². The van der Waals surface area contributed by atoms with Crippen LogP contribution in [0.3, 0.4) is 0 Å². The van der Waals surface area contributed by atoms with E-state index in [0.29, 0.717) is 5.66 Å². The zero-order valence-corrected chi connectivity index (χ0v) is 9.83. The Morgan fingerprint density at radius 2 is 1.67 bits per heavy atom. The van der Waals surface area contributed by atoms with Crippen molar-refractivity contribution in [2.75, 3.05) is 0 Å². The highest BCUT2D eigenvalue weighted by Gasteiger charge is 2.53. The van der Waals surface area contributed by atoms with Gasteiger partial charge in [-0.3, -0.25) is 0 Å². The molecule has 0 aromatic carbocycles. The van der Waals surface area contributed by atoms with Gasteiger partial charge in [0.25, 0.3) is 0 Å². The van der Waals surface area contributed by atoms with Crippen LogP contribution in [0, 0.1) is 6.92 Å². The zero-order valence-electron chi connectivity index (χ0n) is 9.83. The molecule has 4 nitrogen and oxygen atoms in total. The number of rotatable bonds is 1. The monoisotopic (exact) mass is 209 g/mol. The molecule has 0 bridgehead atoms. The second-order valence-corrected chi connectivity index (χ2v) is 4.89. The van der Waals surface area contributed by atoms with Gasteiger partial charge in [-0.05, 0) is 34.6 Å². The lowest BCUT2D eigenvalue weighted by Gasteiger charge is -2.32. The average Bonchev–Trinajstić information content (AvgIpc) is 2.55. The van der Waals surface area contributed by atoms with Crippen molar-refractivity contribution in [3.63, 3.8) is 0 Å². The molecule has 0 atom stereocenters. The normalized spacial score (nSPS) is 23.4. The van der Waals surface area contributed by atoms with Crippen LogP contribution in [0.25, 0.3) is 0 Å². The third-order valence-electron chi connectivity index (χ3n) is 3.25. The van der Waals surface area contributed by atoms with Gasteiger partial charge in [-0.15, -0.1) is 0 Å². The molecular formula is C10H16BNO3. The summed E-state index contributed by atoms with van der Waals surface area (Å²) in [5, 5.41) is 0. The molecule has 0 spiro atoms. The summed E-state index contributed by atoms with van der Waals surface area (Å²) in [5.41, 5.74) is 0.801.